The molecule has 0 saturated heterocycles. The Bertz CT molecular complexity index is 239. The normalized spacial score (nSPS) is 10.9. The van der Waals surface area contributed by atoms with Crippen LogP contribution in [0.1, 0.15) is 6.42 Å². The van der Waals surface area contributed by atoms with Crippen LogP contribution in [-0.2, 0) is 14.6 Å². The Labute approximate surface area is 65.5 Å². The van der Waals surface area contributed by atoms with Crippen LogP contribution in [0.25, 0.3) is 0 Å². The Morgan fingerprint density at radius 3 is 2.45 bits per heavy atom. The van der Waals surface area contributed by atoms with Crippen LogP contribution < -0.4 is 0 Å². The maximum absolute atomic E-state index is 10.8. The number of carboxylic acids is 1. The summed E-state index contributed by atoms with van der Waals surface area (Å²) in [5, 5.41) is 8.15. The Kier molecular flexibility index (Phi) is 3.81. The van der Waals surface area contributed by atoms with Crippen LogP contribution in [0.4, 0.5) is 0 Å². The first-order valence-corrected chi connectivity index (χ1v) is 4.83. The molecule has 5 heteroatoms. The number of rotatable bonds is 5. The van der Waals surface area contributed by atoms with Gasteiger partial charge in [-0.15, -0.1) is 6.58 Å². The van der Waals surface area contributed by atoms with Crippen molar-refractivity contribution >= 4 is 15.8 Å². The third kappa shape index (κ3) is 5.60. The summed E-state index contributed by atoms with van der Waals surface area (Å²) in [5.74, 6) is -1.56. The second kappa shape index (κ2) is 4.12. The van der Waals surface area contributed by atoms with Crippen LogP contribution in [0.2, 0.25) is 0 Å². The van der Waals surface area contributed by atoms with Crippen molar-refractivity contribution in [2.24, 2.45) is 0 Å². The van der Waals surface area contributed by atoms with Gasteiger partial charge in [-0.05, 0) is 0 Å². The van der Waals surface area contributed by atoms with Crippen molar-refractivity contribution in [3.05, 3.63) is 12.7 Å². The number of hydrogen-bond donors (Lipinski definition) is 1. The summed E-state index contributed by atoms with van der Waals surface area (Å²) < 4.78 is 21.6. The molecule has 0 spiro atoms. The molecule has 0 aliphatic rings. The number of sulfone groups is 1. The van der Waals surface area contributed by atoms with Crippen molar-refractivity contribution in [2.75, 3.05) is 11.5 Å². The lowest BCUT2D eigenvalue weighted by Gasteiger charge is -1.96. The molecule has 0 aromatic heterocycles. The van der Waals surface area contributed by atoms with Crippen molar-refractivity contribution < 1.29 is 18.3 Å². The van der Waals surface area contributed by atoms with Crippen molar-refractivity contribution in [3.63, 3.8) is 0 Å². The van der Waals surface area contributed by atoms with Crippen LogP contribution in [0.5, 0.6) is 0 Å². The van der Waals surface area contributed by atoms with Gasteiger partial charge in [-0.1, -0.05) is 6.08 Å². The zero-order valence-corrected chi connectivity index (χ0v) is 6.80. The molecule has 0 fully saturated rings. The lowest BCUT2D eigenvalue weighted by Crippen LogP contribution is -2.12. The second-order valence-electron chi connectivity index (χ2n) is 2.05. The van der Waals surface area contributed by atoms with Gasteiger partial charge in [0.1, 0.15) is 0 Å². The average molecular weight is 178 g/mol. The van der Waals surface area contributed by atoms with E-state index in [1.165, 1.54) is 6.08 Å². The molecule has 0 rings (SSSR count). The highest BCUT2D eigenvalue weighted by molar-refractivity contribution is 7.91. The van der Waals surface area contributed by atoms with Gasteiger partial charge in [-0.3, -0.25) is 4.79 Å². The van der Waals surface area contributed by atoms with Crippen LogP contribution in [-0.4, -0.2) is 31.0 Å². The van der Waals surface area contributed by atoms with E-state index in [4.69, 9.17) is 5.11 Å². The molecule has 0 aliphatic carbocycles. The van der Waals surface area contributed by atoms with E-state index in [9.17, 15) is 13.2 Å². The predicted octanol–water partition coefficient (Wildman–Crippen LogP) is 0.0619. The first kappa shape index (κ1) is 10.2. The number of carboxylic acid groups (broad SMARTS) is 1. The Morgan fingerprint density at radius 1 is 1.55 bits per heavy atom. The Hall–Kier alpha value is -0.840. The van der Waals surface area contributed by atoms with E-state index in [0.29, 0.717) is 0 Å². The van der Waals surface area contributed by atoms with Gasteiger partial charge in [0.05, 0.1) is 17.9 Å². The quantitative estimate of drug-likeness (QED) is 0.604. The third-order valence-electron chi connectivity index (χ3n) is 0.999. The summed E-state index contributed by atoms with van der Waals surface area (Å²) >= 11 is 0. The molecule has 0 heterocycles. The molecule has 0 unspecified atom stereocenters. The Morgan fingerprint density at radius 2 is 2.09 bits per heavy atom. The number of aliphatic carboxylic acids is 1. The standard InChI is InChI=1S/C6H10O4S/c1-2-4-11(9,10)5-3-6(7)8/h2H,1,3-5H2,(H,7,8). The Balaban J connectivity index is 3.93. The van der Waals surface area contributed by atoms with E-state index >= 15 is 0 Å². The molecular formula is C6H10O4S. The molecule has 0 aliphatic heterocycles. The van der Waals surface area contributed by atoms with Gasteiger partial charge in [-0.25, -0.2) is 8.42 Å². The summed E-state index contributed by atoms with van der Waals surface area (Å²) in [6, 6.07) is 0. The first-order chi connectivity index (χ1) is 4.98. The van der Waals surface area contributed by atoms with Crippen LogP contribution in [0.3, 0.4) is 0 Å². The van der Waals surface area contributed by atoms with E-state index in [1.807, 2.05) is 0 Å². The van der Waals surface area contributed by atoms with E-state index in [0.717, 1.165) is 0 Å². The van der Waals surface area contributed by atoms with Crippen molar-refractivity contribution in [1.82, 2.24) is 0 Å². The first-order valence-electron chi connectivity index (χ1n) is 3.01. The highest BCUT2D eigenvalue weighted by atomic mass is 32.2. The van der Waals surface area contributed by atoms with Crippen LogP contribution >= 0.6 is 0 Å². The molecule has 0 bridgehead atoms. The predicted molar refractivity (Wildman–Crippen MR) is 41.1 cm³/mol. The fourth-order valence-electron chi connectivity index (χ4n) is 0.506. The number of carbonyl (C=O) groups is 1. The van der Waals surface area contributed by atoms with Crippen LogP contribution in [0, 0.1) is 0 Å². The second-order valence-corrected chi connectivity index (χ2v) is 4.28. The molecule has 0 atom stereocenters. The van der Waals surface area contributed by atoms with Crippen molar-refractivity contribution in [2.45, 2.75) is 6.42 Å². The largest absolute Gasteiger partial charge is 0.481 e. The monoisotopic (exact) mass is 178 g/mol. The lowest BCUT2D eigenvalue weighted by atomic mass is 10.5. The summed E-state index contributed by atoms with van der Waals surface area (Å²) in [6.45, 7) is 3.25. The molecular weight excluding hydrogens is 168 g/mol. The van der Waals surface area contributed by atoms with E-state index in [1.54, 1.807) is 0 Å². The zero-order valence-electron chi connectivity index (χ0n) is 5.99. The number of hydrogen-bond acceptors (Lipinski definition) is 3. The molecule has 0 aromatic carbocycles. The summed E-state index contributed by atoms with van der Waals surface area (Å²) in [4.78, 5) is 9.96. The molecule has 4 nitrogen and oxygen atoms in total. The molecule has 0 aromatic rings. The van der Waals surface area contributed by atoms with E-state index < -0.39 is 15.8 Å². The SMILES string of the molecule is C=CCS(=O)(=O)CCC(=O)O. The summed E-state index contributed by atoms with van der Waals surface area (Å²) in [6.07, 6.45) is 0.910. The highest BCUT2D eigenvalue weighted by Gasteiger charge is 2.10. The zero-order chi connectivity index (χ0) is 8.91. The fraction of sp³-hybridized carbons (Fsp3) is 0.500. The van der Waals surface area contributed by atoms with E-state index in [2.05, 4.69) is 6.58 Å². The van der Waals surface area contributed by atoms with E-state index in [-0.39, 0.29) is 17.9 Å². The molecule has 0 amide bonds. The van der Waals surface area contributed by atoms with Crippen LogP contribution in [0.15, 0.2) is 12.7 Å². The van der Waals surface area contributed by atoms with Crippen molar-refractivity contribution in [1.29, 1.82) is 0 Å². The molecule has 0 saturated carbocycles. The maximum atomic E-state index is 10.8. The van der Waals surface area contributed by atoms with Gasteiger partial charge < -0.3 is 5.11 Å². The van der Waals surface area contributed by atoms with Gasteiger partial charge in [0, 0.05) is 0 Å². The smallest absolute Gasteiger partial charge is 0.304 e. The topological polar surface area (TPSA) is 71.4 Å². The van der Waals surface area contributed by atoms with Gasteiger partial charge in [0.2, 0.25) is 0 Å². The van der Waals surface area contributed by atoms with Gasteiger partial charge in [0.25, 0.3) is 0 Å². The summed E-state index contributed by atoms with van der Waals surface area (Å²) in [7, 11) is -3.23. The minimum Gasteiger partial charge on any atom is -0.481 e. The van der Waals surface area contributed by atoms with Gasteiger partial charge in [-0.2, -0.15) is 0 Å². The van der Waals surface area contributed by atoms with Crippen molar-refractivity contribution in [3.8, 4) is 0 Å². The summed E-state index contributed by atoms with van der Waals surface area (Å²) in [5.41, 5.74) is 0. The third-order valence-corrected chi connectivity index (χ3v) is 2.57. The molecule has 1 N–H and O–H groups in total. The minimum atomic E-state index is -3.23. The minimum absolute atomic E-state index is 0.152. The highest BCUT2D eigenvalue weighted by Crippen LogP contribution is 1.93. The van der Waals surface area contributed by atoms with Gasteiger partial charge in [0.15, 0.2) is 9.84 Å². The average Bonchev–Trinajstić information content (AvgIpc) is 1.84. The fourth-order valence-corrected chi connectivity index (χ4v) is 1.52. The lowest BCUT2D eigenvalue weighted by molar-refractivity contribution is -0.136. The maximum Gasteiger partial charge on any atom is 0.304 e. The van der Waals surface area contributed by atoms with Gasteiger partial charge >= 0.3 is 5.97 Å². The molecule has 64 valence electrons. The molecule has 11 heavy (non-hydrogen) atoms. The molecule has 0 radical (unpaired) electrons.